The van der Waals surface area contributed by atoms with Crippen molar-refractivity contribution in [1.29, 1.82) is 0 Å². The maximum atomic E-state index is 14.4. The number of halogens is 1. The van der Waals surface area contributed by atoms with Crippen molar-refractivity contribution in [2.45, 2.75) is 38.9 Å². The number of rotatable bonds is 5. The Hall–Kier alpha value is -4.01. The number of hydrogen-bond acceptors (Lipinski definition) is 6. The zero-order valence-corrected chi connectivity index (χ0v) is 18.9. The molecule has 9 heteroatoms. The van der Waals surface area contributed by atoms with Crippen LogP contribution in [0.4, 0.5) is 10.3 Å². The van der Waals surface area contributed by atoms with Gasteiger partial charge in [0.05, 0.1) is 12.6 Å². The smallest absolute Gasteiger partial charge is 0.275 e. The summed E-state index contributed by atoms with van der Waals surface area (Å²) in [4.78, 5) is 29.1. The monoisotopic (exact) mass is 458 g/mol. The first-order chi connectivity index (χ1) is 16.5. The molecule has 0 saturated heterocycles. The lowest BCUT2D eigenvalue weighted by molar-refractivity contribution is 0.0726. The number of anilines is 1. The summed E-state index contributed by atoms with van der Waals surface area (Å²) >= 11 is 0. The third-order valence-corrected chi connectivity index (χ3v) is 6.49. The zero-order chi connectivity index (χ0) is 23.4. The molecule has 2 aliphatic rings. The molecule has 0 atom stereocenters. The Morgan fingerprint density at radius 2 is 2.00 bits per heavy atom. The maximum absolute atomic E-state index is 14.4. The highest BCUT2D eigenvalue weighted by Crippen LogP contribution is 2.38. The quantitative estimate of drug-likeness (QED) is 0.487. The molecule has 172 valence electrons. The highest BCUT2D eigenvalue weighted by atomic mass is 19.1. The summed E-state index contributed by atoms with van der Waals surface area (Å²) in [5, 5.41) is 3.19. The molecule has 4 aromatic rings. The van der Waals surface area contributed by atoms with Gasteiger partial charge in [0.15, 0.2) is 5.69 Å². The van der Waals surface area contributed by atoms with Crippen LogP contribution in [-0.4, -0.2) is 43.3 Å². The lowest BCUT2D eigenvalue weighted by atomic mass is 9.98. The van der Waals surface area contributed by atoms with Crippen molar-refractivity contribution in [2.24, 2.45) is 0 Å². The molecule has 0 bridgehead atoms. The predicted molar refractivity (Wildman–Crippen MR) is 124 cm³/mol. The topological polar surface area (TPSA) is 84.7 Å². The van der Waals surface area contributed by atoms with Gasteiger partial charge >= 0.3 is 0 Å². The van der Waals surface area contributed by atoms with Crippen LogP contribution in [0, 0.1) is 12.7 Å². The number of hydrogen-bond donors (Lipinski definition) is 1. The van der Waals surface area contributed by atoms with Gasteiger partial charge in [0.1, 0.15) is 17.9 Å². The molecule has 4 heterocycles. The molecule has 34 heavy (non-hydrogen) atoms. The van der Waals surface area contributed by atoms with Crippen LogP contribution in [0.15, 0.2) is 43.0 Å². The number of fused-ring (bicyclic) bond motifs is 2. The summed E-state index contributed by atoms with van der Waals surface area (Å²) in [5.41, 5.74) is 5.13. The van der Waals surface area contributed by atoms with Gasteiger partial charge in [0.25, 0.3) is 5.91 Å². The van der Waals surface area contributed by atoms with Crippen molar-refractivity contribution in [2.75, 3.05) is 12.4 Å². The fraction of sp³-hybridized carbons (Fsp3) is 0.280. The molecule has 1 amide bonds. The van der Waals surface area contributed by atoms with Crippen LogP contribution >= 0.6 is 0 Å². The van der Waals surface area contributed by atoms with Gasteiger partial charge in [-0.05, 0) is 43.5 Å². The second-order valence-electron chi connectivity index (χ2n) is 8.73. The zero-order valence-electron chi connectivity index (χ0n) is 18.9. The first kappa shape index (κ1) is 20.6. The van der Waals surface area contributed by atoms with E-state index in [4.69, 9.17) is 4.74 Å². The number of carbonyl (C=O) groups excluding carboxylic acids is 1. The van der Waals surface area contributed by atoms with Gasteiger partial charge < -0.3 is 15.0 Å². The van der Waals surface area contributed by atoms with Crippen molar-refractivity contribution in [1.82, 2.24) is 24.3 Å². The summed E-state index contributed by atoms with van der Waals surface area (Å²) in [7, 11) is 1.51. The maximum Gasteiger partial charge on any atom is 0.275 e. The highest BCUT2D eigenvalue weighted by Gasteiger charge is 2.37. The SMILES string of the molecule is COc1cccc(F)c1CNc1ncc2c3c(ncn13)C(=O)N(C1CC1)Cc1cc(C)ncc1-2. The number of ether oxygens (including phenoxy) is 1. The predicted octanol–water partition coefficient (Wildman–Crippen LogP) is 3.98. The third kappa shape index (κ3) is 3.27. The first-order valence-corrected chi connectivity index (χ1v) is 11.2. The van der Waals surface area contributed by atoms with Crippen LogP contribution in [0.1, 0.15) is 40.2 Å². The van der Waals surface area contributed by atoms with Gasteiger partial charge in [-0.1, -0.05) is 6.07 Å². The van der Waals surface area contributed by atoms with Crippen LogP contribution in [0.3, 0.4) is 0 Å². The molecule has 1 aliphatic heterocycles. The summed E-state index contributed by atoms with van der Waals surface area (Å²) < 4.78 is 21.5. The van der Waals surface area contributed by atoms with E-state index in [0.29, 0.717) is 35.0 Å². The molecule has 0 unspecified atom stereocenters. The molecule has 6 rings (SSSR count). The van der Waals surface area contributed by atoms with Crippen LogP contribution in [0.2, 0.25) is 0 Å². The number of nitrogens with zero attached hydrogens (tertiary/aromatic N) is 5. The summed E-state index contributed by atoms with van der Waals surface area (Å²) in [6.07, 6.45) is 7.18. The van der Waals surface area contributed by atoms with E-state index < -0.39 is 0 Å². The van der Waals surface area contributed by atoms with Gasteiger partial charge in [0, 0.05) is 53.9 Å². The number of methoxy groups -OCH3 is 1. The second-order valence-corrected chi connectivity index (χ2v) is 8.73. The molecular formula is C25H23FN6O2. The van der Waals surface area contributed by atoms with Crippen molar-refractivity contribution in [3.63, 3.8) is 0 Å². The number of imidazole rings is 1. The number of aromatic nitrogens is 4. The van der Waals surface area contributed by atoms with Gasteiger partial charge in [-0.25, -0.2) is 14.4 Å². The minimum atomic E-state index is -0.369. The number of pyridine rings is 1. The minimum absolute atomic E-state index is 0.0840. The van der Waals surface area contributed by atoms with Crippen LogP contribution in [0.25, 0.3) is 16.6 Å². The Labute approximate surface area is 195 Å². The number of carbonyl (C=O) groups is 1. The molecule has 1 fully saturated rings. The van der Waals surface area contributed by atoms with Crippen molar-refractivity contribution >= 4 is 17.4 Å². The van der Waals surface area contributed by atoms with E-state index in [0.717, 1.165) is 35.2 Å². The average Bonchev–Trinajstić information content (AvgIpc) is 3.58. The van der Waals surface area contributed by atoms with E-state index in [1.165, 1.54) is 13.2 Å². The molecular weight excluding hydrogens is 435 g/mol. The van der Waals surface area contributed by atoms with E-state index in [1.54, 1.807) is 29.1 Å². The lowest BCUT2D eigenvalue weighted by Gasteiger charge is -2.26. The summed E-state index contributed by atoms with van der Waals surface area (Å²) in [5.74, 6) is 0.452. The van der Waals surface area contributed by atoms with E-state index in [2.05, 4.69) is 20.3 Å². The van der Waals surface area contributed by atoms with Crippen LogP contribution in [0.5, 0.6) is 5.75 Å². The van der Waals surface area contributed by atoms with Gasteiger partial charge in [-0.3, -0.25) is 14.2 Å². The average molecular weight is 458 g/mol. The Balaban J connectivity index is 1.48. The molecule has 1 aromatic carbocycles. The Bertz CT molecular complexity index is 1450. The van der Waals surface area contributed by atoms with Gasteiger partial charge in [-0.2, -0.15) is 0 Å². The number of aryl methyl sites for hydroxylation is 1. The van der Waals surface area contributed by atoms with Crippen molar-refractivity contribution < 1.29 is 13.9 Å². The van der Waals surface area contributed by atoms with E-state index >= 15 is 0 Å². The molecule has 1 aliphatic carbocycles. The number of benzene rings is 1. The summed E-state index contributed by atoms with van der Waals surface area (Å²) in [6.45, 7) is 2.63. The highest BCUT2D eigenvalue weighted by molar-refractivity contribution is 6.04. The normalized spacial score (nSPS) is 15.1. The third-order valence-electron chi connectivity index (χ3n) is 6.49. The van der Waals surface area contributed by atoms with Crippen molar-refractivity contribution in [3.05, 3.63) is 71.3 Å². The number of amides is 1. The fourth-order valence-corrected chi connectivity index (χ4v) is 4.63. The molecule has 1 N–H and O–H groups in total. The molecule has 8 nitrogen and oxygen atoms in total. The Kier molecular flexibility index (Phi) is 4.72. The minimum Gasteiger partial charge on any atom is -0.496 e. The fourth-order valence-electron chi connectivity index (χ4n) is 4.63. The van der Waals surface area contributed by atoms with E-state index in [9.17, 15) is 9.18 Å². The van der Waals surface area contributed by atoms with E-state index in [1.807, 2.05) is 24.1 Å². The lowest BCUT2D eigenvalue weighted by Crippen LogP contribution is -2.34. The van der Waals surface area contributed by atoms with Gasteiger partial charge in [-0.15, -0.1) is 0 Å². The largest absolute Gasteiger partial charge is 0.496 e. The molecule has 0 radical (unpaired) electrons. The van der Waals surface area contributed by atoms with Gasteiger partial charge in [0.2, 0.25) is 5.95 Å². The van der Waals surface area contributed by atoms with Crippen LogP contribution in [-0.2, 0) is 13.1 Å². The first-order valence-electron chi connectivity index (χ1n) is 11.2. The van der Waals surface area contributed by atoms with E-state index in [-0.39, 0.29) is 24.3 Å². The Morgan fingerprint density at radius 3 is 2.79 bits per heavy atom. The molecule has 1 saturated carbocycles. The molecule has 0 spiro atoms. The van der Waals surface area contributed by atoms with Crippen molar-refractivity contribution in [3.8, 4) is 16.9 Å². The molecule has 3 aromatic heterocycles. The second kappa shape index (κ2) is 7.79. The number of nitrogens with one attached hydrogen (secondary N) is 1. The standard InChI is InChI=1S/C25H23FN6O2/c1-14-8-15-12-31(16-6-7-16)24(33)22-23-18(17(15)9-27-14)10-28-25(32(23)13-30-22)29-11-19-20(26)4-3-5-21(19)34-2/h3-5,8-10,13,16H,6-7,11-12H2,1-2H3,(H,28,29). The van der Waals surface area contributed by atoms with Crippen LogP contribution < -0.4 is 10.1 Å². The Morgan fingerprint density at radius 1 is 1.18 bits per heavy atom. The summed E-state index contributed by atoms with van der Waals surface area (Å²) in [6, 6.07) is 6.98.